The Kier molecular flexibility index (Phi) is 6.58. The van der Waals surface area contributed by atoms with Crippen LogP contribution in [0.4, 0.5) is 5.69 Å². The van der Waals surface area contributed by atoms with E-state index >= 15 is 0 Å². The molecular formula is C18H22ClN3O2S. The van der Waals surface area contributed by atoms with Crippen molar-refractivity contribution in [3.05, 3.63) is 52.2 Å². The number of amides is 2. The van der Waals surface area contributed by atoms with Gasteiger partial charge in [0.1, 0.15) is 0 Å². The van der Waals surface area contributed by atoms with Crippen LogP contribution in [0.1, 0.15) is 32.9 Å². The van der Waals surface area contributed by atoms with Crippen molar-refractivity contribution in [2.75, 3.05) is 18.5 Å². The summed E-state index contributed by atoms with van der Waals surface area (Å²) < 4.78 is 0. The quantitative estimate of drug-likeness (QED) is 0.810. The molecule has 3 N–H and O–H groups in total. The summed E-state index contributed by atoms with van der Waals surface area (Å²) >= 11 is 1.38. The Bertz CT molecular complexity index is 732. The van der Waals surface area contributed by atoms with Gasteiger partial charge in [-0.3, -0.25) is 9.59 Å². The summed E-state index contributed by atoms with van der Waals surface area (Å²) in [6.45, 7) is 0.459. The van der Waals surface area contributed by atoms with Crippen LogP contribution in [0.2, 0.25) is 0 Å². The minimum Gasteiger partial charge on any atom is -0.350 e. The molecule has 1 saturated carbocycles. The van der Waals surface area contributed by atoms with E-state index in [0.29, 0.717) is 28.6 Å². The van der Waals surface area contributed by atoms with Gasteiger partial charge in [0.25, 0.3) is 11.8 Å². The highest BCUT2D eigenvalue weighted by atomic mass is 35.5. The van der Waals surface area contributed by atoms with E-state index in [2.05, 4.69) is 5.32 Å². The van der Waals surface area contributed by atoms with Crippen molar-refractivity contribution in [2.45, 2.75) is 18.9 Å². The lowest BCUT2D eigenvalue weighted by Gasteiger charge is -2.20. The van der Waals surface area contributed by atoms with Crippen molar-refractivity contribution in [2.24, 2.45) is 11.7 Å². The van der Waals surface area contributed by atoms with Gasteiger partial charge >= 0.3 is 0 Å². The first kappa shape index (κ1) is 19.4. The monoisotopic (exact) mass is 379 g/mol. The molecule has 3 rings (SSSR count). The number of halogens is 1. The van der Waals surface area contributed by atoms with Gasteiger partial charge in [0.05, 0.1) is 16.1 Å². The number of nitrogens with two attached hydrogens (primary N) is 1. The summed E-state index contributed by atoms with van der Waals surface area (Å²) in [6.07, 6.45) is 2.29. The molecule has 1 aliphatic rings. The highest BCUT2D eigenvalue weighted by molar-refractivity contribution is 7.12. The number of anilines is 1. The highest BCUT2D eigenvalue weighted by Crippen LogP contribution is 2.31. The van der Waals surface area contributed by atoms with Gasteiger partial charge in [0, 0.05) is 19.6 Å². The van der Waals surface area contributed by atoms with Crippen LogP contribution in [0.15, 0.2) is 41.8 Å². The first-order valence-electron chi connectivity index (χ1n) is 8.02. The molecule has 0 bridgehead atoms. The lowest BCUT2D eigenvalue weighted by atomic mass is 10.1. The third-order valence-corrected chi connectivity index (χ3v) is 5.13. The molecule has 0 aliphatic heterocycles. The molecule has 1 unspecified atom stereocenters. The second-order valence-electron chi connectivity index (χ2n) is 6.07. The standard InChI is InChI=1S/C18H21N3O2S.ClH/c1-21(18(23)16-7-4-10-24-16)15-6-3-2-5-13(15)17(22)20-11-14(19)12-8-9-12;/h2-7,10,12,14H,8-9,11,19H2,1H3,(H,20,22);1H. The van der Waals surface area contributed by atoms with Gasteiger partial charge in [-0.25, -0.2) is 0 Å². The zero-order valence-corrected chi connectivity index (χ0v) is 15.6. The van der Waals surface area contributed by atoms with Crippen LogP contribution in [0, 0.1) is 5.92 Å². The summed E-state index contributed by atoms with van der Waals surface area (Å²) in [5.74, 6) is 0.205. The Morgan fingerprint density at radius 1 is 1.28 bits per heavy atom. The second kappa shape index (κ2) is 8.47. The number of rotatable bonds is 6. The molecule has 1 atom stereocenters. The number of nitrogens with one attached hydrogen (secondary N) is 1. The van der Waals surface area contributed by atoms with Crippen LogP contribution in [-0.4, -0.2) is 31.4 Å². The zero-order valence-electron chi connectivity index (χ0n) is 14.0. The Morgan fingerprint density at radius 3 is 2.64 bits per heavy atom. The highest BCUT2D eigenvalue weighted by Gasteiger charge is 2.29. The maximum Gasteiger partial charge on any atom is 0.268 e. The topological polar surface area (TPSA) is 75.4 Å². The van der Waals surface area contributed by atoms with Gasteiger partial charge in [-0.2, -0.15) is 0 Å². The largest absolute Gasteiger partial charge is 0.350 e. The molecule has 0 radical (unpaired) electrons. The number of hydrogen-bond donors (Lipinski definition) is 2. The maximum atomic E-state index is 12.5. The normalized spacial score (nSPS) is 14.3. The van der Waals surface area contributed by atoms with E-state index in [9.17, 15) is 9.59 Å². The summed E-state index contributed by atoms with van der Waals surface area (Å²) in [4.78, 5) is 27.2. The van der Waals surface area contributed by atoms with Crippen molar-refractivity contribution >= 4 is 41.2 Å². The average Bonchev–Trinajstić information content (AvgIpc) is 3.32. The lowest BCUT2D eigenvalue weighted by Crippen LogP contribution is -2.39. The fraction of sp³-hybridized carbons (Fsp3) is 0.333. The molecule has 1 fully saturated rings. The lowest BCUT2D eigenvalue weighted by molar-refractivity contribution is 0.0951. The number of thiophene rings is 1. The number of hydrogen-bond acceptors (Lipinski definition) is 4. The van der Waals surface area contributed by atoms with E-state index in [-0.39, 0.29) is 30.3 Å². The van der Waals surface area contributed by atoms with E-state index in [0.717, 1.165) is 12.8 Å². The molecular weight excluding hydrogens is 358 g/mol. The minimum atomic E-state index is -0.201. The van der Waals surface area contributed by atoms with Crippen LogP contribution in [0.5, 0.6) is 0 Å². The zero-order chi connectivity index (χ0) is 17.1. The third-order valence-electron chi connectivity index (χ3n) is 4.27. The molecule has 25 heavy (non-hydrogen) atoms. The molecule has 7 heteroatoms. The first-order valence-corrected chi connectivity index (χ1v) is 8.90. The summed E-state index contributed by atoms with van der Waals surface area (Å²) in [7, 11) is 1.68. The molecule has 0 spiro atoms. The fourth-order valence-electron chi connectivity index (χ4n) is 2.63. The first-order chi connectivity index (χ1) is 11.6. The SMILES string of the molecule is CN(C(=O)c1cccs1)c1ccccc1C(=O)NCC(N)C1CC1.Cl. The van der Waals surface area contributed by atoms with Crippen molar-refractivity contribution in [1.29, 1.82) is 0 Å². The van der Waals surface area contributed by atoms with Gasteiger partial charge < -0.3 is 16.0 Å². The number of carbonyl (C=O) groups excluding carboxylic acids is 2. The van der Waals surface area contributed by atoms with Crippen molar-refractivity contribution < 1.29 is 9.59 Å². The summed E-state index contributed by atoms with van der Waals surface area (Å²) in [5, 5.41) is 4.75. The molecule has 2 aromatic rings. The van der Waals surface area contributed by atoms with E-state index < -0.39 is 0 Å². The van der Waals surface area contributed by atoms with E-state index in [1.165, 1.54) is 16.2 Å². The molecule has 1 aromatic heterocycles. The summed E-state index contributed by atoms with van der Waals surface area (Å²) in [5.41, 5.74) is 7.11. The molecule has 1 heterocycles. The average molecular weight is 380 g/mol. The maximum absolute atomic E-state index is 12.5. The van der Waals surface area contributed by atoms with Gasteiger partial charge in [0.15, 0.2) is 0 Å². The van der Waals surface area contributed by atoms with Crippen LogP contribution in [0.3, 0.4) is 0 Å². The number of nitrogens with zero attached hydrogens (tertiary/aromatic N) is 1. The van der Waals surface area contributed by atoms with E-state index in [4.69, 9.17) is 5.73 Å². The Labute approximate surface area is 157 Å². The fourth-order valence-corrected chi connectivity index (χ4v) is 3.33. The molecule has 134 valence electrons. The molecule has 2 amide bonds. The molecule has 0 saturated heterocycles. The third kappa shape index (κ3) is 4.60. The molecule has 1 aromatic carbocycles. The van der Waals surface area contributed by atoms with Crippen LogP contribution < -0.4 is 16.0 Å². The van der Waals surface area contributed by atoms with Gasteiger partial charge in [-0.05, 0) is 42.3 Å². The Hall–Kier alpha value is -1.89. The van der Waals surface area contributed by atoms with Gasteiger partial charge in [0.2, 0.25) is 0 Å². The predicted octanol–water partition coefficient (Wildman–Crippen LogP) is 2.91. The van der Waals surface area contributed by atoms with Crippen molar-refractivity contribution in [3.63, 3.8) is 0 Å². The minimum absolute atomic E-state index is 0. The predicted molar refractivity (Wildman–Crippen MR) is 104 cm³/mol. The van der Waals surface area contributed by atoms with Crippen LogP contribution >= 0.6 is 23.7 Å². The van der Waals surface area contributed by atoms with Crippen LogP contribution in [-0.2, 0) is 0 Å². The van der Waals surface area contributed by atoms with Gasteiger partial charge in [-0.1, -0.05) is 18.2 Å². The molecule has 5 nitrogen and oxygen atoms in total. The number of para-hydroxylation sites is 1. The van der Waals surface area contributed by atoms with Gasteiger partial charge in [-0.15, -0.1) is 23.7 Å². The van der Waals surface area contributed by atoms with E-state index in [1.54, 1.807) is 31.3 Å². The number of carbonyl (C=O) groups is 2. The van der Waals surface area contributed by atoms with E-state index in [1.807, 2.05) is 17.5 Å². The molecule has 1 aliphatic carbocycles. The smallest absolute Gasteiger partial charge is 0.268 e. The number of benzene rings is 1. The van der Waals surface area contributed by atoms with Crippen molar-refractivity contribution in [3.8, 4) is 0 Å². The van der Waals surface area contributed by atoms with Crippen molar-refractivity contribution in [1.82, 2.24) is 5.32 Å². The summed E-state index contributed by atoms with van der Waals surface area (Å²) in [6, 6.07) is 10.7. The Balaban J connectivity index is 0.00000225. The Morgan fingerprint density at radius 2 is 2.00 bits per heavy atom. The van der Waals surface area contributed by atoms with Crippen LogP contribution in [0.25, 0.3) is 0 Å². The second-order valence-corrected chi connectivity index (χ2v) is 7.02.